The van der Waals surface area contributed by atoms with Crippen LogP contribution in [0.25, 0.3) is 0 Å². The molecule has 0 unspecified atom stereocenters. The Hall–Kier alpha value is -2.16. The van der Waals surface area contributed by atoms with E-state index in [1.165, 1.54) is 0 Å². The van der Waals surface area contributed by atoms with Gasteiger partial charge >= 0.3 is 5.97 Å². The van der Waals surface area contributed by atoms with Crippen molar-refractivity contribution in [2.24, 2.45) is 5.84 Å². The highest BCUT2D eigenvalue weighted by molar-refractivity contribution is 5.69. The number of nitrogen functional groups attached to an aromatic ring is 1. The minimum Gasteiger partial charge on any atom is -0.466 e. The molecule has 0 saturated heterocycles. The average molecular weight is 283 g/mol. The van der Waals surface area contributed by atoms with Crippen molar-refractivity contribution in [3.63, 3.8) is 0 Å². The topological polar surface area (TPSA) is 118 Å². The van der Waals surface area contributed by atoms with E-state index in [9.17, 15) is 4.79 Å². The van der Waals surface area contributed by atoms with Crippen molar-refractivity contribution in [3.05, 3.63) is 0 Å². The Kier molecular flexibility index (Phi) is 6.44. The van der Waals surface area contributed by atoms with Gasteiger partial charge in [0.1, 0.15) is 0 Å². The maximum absolute atomic E-state index is 11.2. The molecule has 0 bridgehead atoms. The molecule has 1 aromatic rings. The van der Waals surface area contributed by atoms with Crippen LogP contribution in [0.4, 0.5) is 17.8 Å². The third-order valence-corrected chi connectivity index (χ3v) is 2.30. The quantitative estimate of drug-likeness (QED) is 0.262. The van der Waals surface area contributed by atoms with Crippen LogP contribution in [-0.4, -0.2) is 48.2 Å². The molecule has 9 heteroatoms. The monoisotopic (exact) mass is 283 g/mol. The standard InChI is InChI=1S/C11H21N7O2/c1-4-20-8(19)6-5-7-13-9-14-10(17-12)16-11(15-9)18(2)3/h4-7,12H2,1-3H3,(H2,13,14,15,16,17). The van der Waals surface area contributed by atoms with E-state index >= 15 is 0 Å². The molecule has 0 aliphatic rings. The van der Waals surface area contributed by atoms with Crippen molar-refractivity contribution in [3.8, 4) is 0 Å². The van der Waals surface area contributed by atoms with Crippen LogP contribution >= 0.6 is 0 Å². The normalized spacial score (nSPS) is 10.0. The van der Waals surface area contributed by atoms with Gasteiger partial charge in [0.25, 0.3) is 0 Å². The molecule has 1 heterocycles. The number of nitrogens with one attached hydrogen (secondary N) is 2. The molecule has 112 valence electrons. The Morgan fingerprint density at radius 3 is 2.60 bits per heavy atom. The van der Waals surface area contributed by atoms with Crippen molar-refractivity contribution in [1.82, 2.24) is 15.0 Å². The second kappa shape index (κ2) is 8.10. The van der Waals surface area contributed by atoms with Crippen molar-refractivity contribution in [1.29, 1.82) is 0 Å². The first-order chi connectivity index (χ1) is 9.56. The molecule has 1 rings (SSSR count). The molecule has 0 spiro atoms. The van der Waals surface area contributed by atoms with Crippen molar-refractivity contribution in [2.45, 2.75) is 19.8 Å². The summed E-state index contributed by atoms with van der Waals surface area (Å²) in [6, 6.07) is 0. The summed E-state index contributed by atoms with van der Waals surface area (Å²) in [4.78, 5) is 25.3. The Morgan fingerprint density at radius 1 is 1.30 bits per heavy atom. The largest absolute Gasteiger partial charge is 0.466 e. The summed E-state index contributed by atoms with van der Waals surface area (Å²) in [7, 11) is 3.64. The molecule has 0 radical (unpaired) electrons. The van der Waals surface area contributed by atoms with Crippen LogP contribution in [-0.2, 0) is 9.53 Å². The number of carbonyl (C=O) groups is 1. The van der Waals surface area contributed by atoms with Crippen LogP contribution < -0.4 is 21.5 Å². The first-order valence-electron chi connectivity index (χ1n) is 6.36. The zero-order valence-electron chi connectivity index (χ0n) is 12.0. The first-order valence-corrected chi connectivity index (χ1v) is 6.36. The summed E-state index contributed by atoms with van der Waals surface area (Å²) < 4.78 is 4.84. The third kappa shape index (κ3) is 5.22. The van der Waals surface area contributed by atoms with E-state index in [-0.39, 0.29) is 11.9 Å². The van der Waals surface area contributed by atoms with Crippen LogP contribution in [0.2, 0.25) is 0 Å². The maximum atomic E-state index is 11.2. The average Bonchev–Trinajstić information content (AvgIpc) is 2.43. The second-order valence-electron chi connectivity index (χ2n) is 4.16. The Bertz CT molecular complexity index is 439. The van der Waals surface area contributed by atoms with Crippen molar-refractivity contribution >= 4 is 23.8 Å². The van der Waals surface area contributed by atoms with E-state index in [4.69, 9.17) is 10.6 Å². The van der Waals surface area contributed by atoms with E-state index < -0.39 is 0 Å². The number of hydrazine groups is 1. The van der Waals surface area contributed by atoms with E-state index in [2.05, 4.69) is 25.7 Å². The van der Waals surface area contributed by atoms with Crippen molar-refractivity contribution in [2.75, 3.05) is 42.9 Å². The number of rotatable bonds is 8. The SMILES string of the molecule is CCOC(=O)CCCNc1nc(NN)nc(N(C)C)n1. The fourth-order valence-corrected chi connectivity index (χ4v) is 1.37. The zero-order valence-corrected chi connectivity index (χ0v) is 12.0. The lowest BCUT2D eigenvalue weighted by atomic mass is 10.3. The molecule has 0 amide bonds. The molecule has 0 aromatic carbocycles. The number of hydrogen-bond acceptors (Lipinski definition) is 9. The fraction of sp³-hybridized carbons (Fsp3) is 0.636. The third-order valence-electron chi connectivity index (χ3n) is 2.30. The Morgan fingerprint density at radius 2 is 2.00 bits per heavy atom. The van der Waals surface area contributed by atoms with Gasteiger partial charge in [-0.05, 0) is 13.3 Å². The fourth-order valence-electron chi connectivity index (χ4n) is 1.37. The van der Waals surface area contributed by atoms with Gasteiger partial charge < -0.3 is 15.0 Å². The number of nitrogens with two attached hydrogens (primary N) is 1. The molecule has 0 saturated carbocycles. The number of anilines is 3. The predicted octanol–water partition coefficient (Wildman–Crippen LogP) is -0.0216. The van der Waals surface area contributed by atoms with Crippen molar-refractivity contribution < 1.29 is 9.53 Å². The minimum absolute atomic E-state index is 0.205. The van der Waals surface area contributed by atoms with E-state index in [1.807, 2.05) is 14.1 Å². The molecule has 0 aliphatic heterocycles. The number of ether oxygens (including phenoxy) is 1. The predicted molar refractivity (Wildman–Crippen MR) is 76.3 cm³/mol. The van der Waals surface area contributed by atoms with Crippen LogP contribution in [0, 0.1) is 0 Å². The molecular weight excluding hydrogens is 262 g/mol. The summed E-state index contributed by atoms with van der Waals surface area (Å²) in [6.45, 7) is 2.74. The molecule has 4 N–H and O–H groups in total. The van der Waals surface area contributed by atoms with Gasteiger partial charge in [-0.25, -0.2) is 5.84 Å². The molecule has 20 heavy (non-hydrogen) atoms. The lowest BCUT2D eigenvalue weighted by Crippen LogP contribution is -2.19. The number of nitrogens with zero attached hydrogens (tertiary/aromatic N) is 4. The van der Waals surface area contributed by atoms with E-state index in [1.54, 1.807) is 11.8 Å². The smallest absolute Gasteiger partial charge is 0.305 e. The number of hydrogen-bond donors (Lipinski definition) is 3. The van der Waals surface area contributed by atoms with E-state index in [0.29, 0.717) is 37.9 Å². The summed E-state index contributed by atoms with van der Waals surface area (Å²) in [6.07, 6.45) is 0.988. The molecule has 0 atom stereocenters. The van der Waals surface area contributed by atoms with Gasteiger partial charge in [0.2, 0.25) is 17.8 Å². The lowest BCUT2D eigenvalue weighted by molar-refractivity contribution is -0.143. The molecule has 0 aliphatic carbocycles. The molecule has 0 fully saturated rings. The first kappa shape index (κ1) is 15.9. The van der Waals surface area contributed by atoms with Gasteiger partial charge in [-0.15, -0.1) is 0 Å². The molecule has 9 nitrogen and oxygen atoms in total. The van der Waals surface area contributed by atoms with Gasteiger partial charge in [-0.1, -0.05) is 0 Å². The van der Waals surface area contributed by atoms with Crippen LogP contribution in [0.15, 0.2) is 0 Å². The summed E-state index contributed by atoms with van der Waals surface area (Å²) in [5.74, 6) is 6.26. The minimum atomic E-state index is -0.205. The molecular formula is C11H21N7O2. The van der Waals surface area contributed by atoms with Gasteiger partial charge in [0.15, 0.2) is 0 Å². The van der Waals surface area contributed by atoms with E-state index in [0.717, 1.165) is 0 Å². The number of esters is 1. The van der Waals surface area contributed by atoms with Gasteiger partial charge in [-0.3, -0.25) is 10.2 Å². The van der Waals surface area contributed by atoms with Crippen LogP contribution in [0.3, 0.4) is 0 Å². The van der Waals surface area contributed by atoms with Gasteiger partial charge in [0, 0.05) is 27.1 Å². The number of aromatic nitrogens is 3. The Labute approximate surface area is 117 Å². The lowest BCUT2D eigenvalue weighted by Gasteiger charge is -2.13. The molecule has 1 aromatic heterocycles. The second-order valence-corrected chi connectivity index (χ2v) is 4.16. The van der Waals surface area contributed by atoms with Gasteiger partial charge in [-0.2, -0.15) is 15.0 Å². The van der Waals surface area contributed by atoms with Crippen LogP contribution in [0.5, 0.6) is 0 Å². The zero-order chi connectivity index (χ0) is 15.0. The highest BCUT2D eigenvalue weighted by atomic mass is 16.5. The Balaban J connectivity index is 2.50. The number of carbonyl (C=O) groups excluding carboxylic acids is 1. The van der Waals surface area contributed by atoms with Gasteiger partial charge in [0.05, 0.1) is 6.61 Å². The highest BCUT2D eigenvalue weighted by Gasteiger charge is 2.07. The summed E-state index contributed by atoms with van der Waals surface area (Å²) in [5.41, 5.74) is 2.39. The van der Waals surface area contributed by atoms with Crippen LogP contribution in [0.1, 0.15) is 19.8 Å². The summed E-state index contributed by atoms with van der Waals surface area (Å²) in [5, 5.41) is 3.02. The maximum Gasteiger partial charge on any atom is 0.305 e. The highest BCUT2D eigenvalue weighted by Crippen LogP contribution is 2.10. The summed E-state index contributed by atoms with van der Waals surface area (Å²) >= 11 is 0.